The first kappa shape index (κ1) is 34.9. The van der Waals surface area contributed by atoms with Gasteiger partial charge in [0, 0.05) is 30.6 Å². The van der Waals surface area contributed by atoms with Gasteiger partial charge in [0.05, 0.1) is 32.3 Å². The summed E-state index contributed by atoms with van der Waals surface area (Å²) in [5, 5.41) is 33.7. The van der Waals surface area contributed by atoms with Gasteiger partial charge in [0.2, 0.25) is 11.8 Å². The van der Waals surface area contributed by atoms with Crippen LogP contribution in [0, 0.1) is 5.92 Å². The Kier molecular flexibility index (Phi) is 14.3. The van der Waals surface area contributed by atoms with Crippen molar-refractivity contribution in [3.05, 3.63) is 34.9 Å². The third-order valence-corrected chi connectivity index (χ3v) is 8.62. The van der Waals surface area contributed by atoms with Crippen LogP contribution in [0.2, 0.25) is 0 Å². The number of fused-ring (bicyclic) bond motifs is 3. The van der Waals surface area contributed by atoms with Crippen LogP contribution in [0.25, 0.3) is 0 Å². The maximum Gasteiger partial charge on any atom is 0.247 e. The van der Waals surface area contributed by atoms with Crippen molar-refractivity contribution in [1.82, 2.24) is 10.2 Å². The molecule has 1 aliphatic carbocycles. The molecule has 3 rings (SSSR count). The van der Waals surface area contributed by atoms with E-state index in [1.54, 1.807) is 23.1 Å². The van der Waals surface area contributed by atoms with Gasteiger partial charge >= 0.3 is 0 Å². The first-order valence-electron chi connectivity index (χ1n) is 16.3. The van der Waals surface area contributed by atoms with E-state index in [2.05, 4.69) is 26.1 Å². The fraction of sp³-hybridized carbons (Fsp3) is 0.706. The number of nitrogens with zero attached hydrogens (tertiary/aromatic N) is 1. The maximum absolute atomic E-state index is 13.7. The number of carbonyl (C=O) groups is 2. The molecular formula is C34H54N2O7. The van der Waals surface area contributed by atoms with Crippen LogP contribution in [0.15, 0.2) is 23.8 Å². The van der Waals surface area contributed by atoms with Crippen LogP contribution >= 0.6 is 0 Å². The number of carbonyl (C=O) groups excluding carboxylic acids is 2. The highest BCUT2D eigenvalue weighted by molar-refractivity contribution is 5.96. The molecule has 4 N–H and O–H groups in total. The lowest BCUT2D eigenvalue weighted by molar-refractivity contribution is -0.137. The minimum absolute atomic E-state index is 0.0341. The molecule has 0 radical (unpaired) electrons. The van der Waals surface area contributed by atoms with Gasteiger partial charge in [0.25, 0.3) is 0 Å². The Balaban J connectivity index is 1.84. The molecule has 43 heavy (non-hydrogen) atoms. The van der Waals surface area contributed by atoms with Gasteiger partial charge in [0.1, 0.15) is 12.2 Å². The van der Waals surface area contributed by atoms with Gasteiger partial charge in [-0.1, -0.05) is 72.1 Å². The minimum atomic E-state index is -1.09. The van der Waals surface area contributed by atoms with Crippen molar-refractivity contribution >= 4 is 11.8 Å². The molecule has 0 unspecified atom stereocenters. The van der Waals surface area contributed by atoms with Crippen LogP contribution in [0.3, 0.4) is 0 Å². The molecule has 2 aliphatic rings. The fourth-order valence-electron chi connectivity index (χ4n) is 6.19. The average Bonchev–Trinajstić information content (AvgIpc) is 3.39. The van der Waals surface area contributed by atoms with Gasteiger partial charge < -0.3 is 35.0 Å². The molecule has 1 aliphatic heterocycles. The summed E-state index contributed by atoms with van der Waals surface area (Å²) in [6.45, 7) is 6.51. The summed E-state index contributed by atoms with van der Waals surface area (Å²) < 4.78 is 11.9. The van der Waals surface area contributed by atoms with Crippen LogP contribution < -0.4 is 14.8 Å². The number of methoxy groups -OCH3 is 1. The van der Waals surface area contributed by atoms with E-state index in [0.29, 0.717) is 47.1 Å². The van der Waals surface area contributed by atoms with Crippen molar-refractivity contribution in [2.45, 2.75) is 122 Å². The summed E-state index contributed by atoms with van der Waals surface area (Å²) in [6, 6.07) is 2.70. The quantitative estimate of drug-likeness (QED) is 0.170. The lowest BCUT2D eigenvalue weighted by atomic mass is 9.77. The van der Waals surface area contributed by atoms with E-state index in [-0.39, 0.29) is 31.6 Å². The van der Waals surface area contributed by atoms with Gasteiger partial charge in [0.15, 0.2) is 11.5 Å². The van der Waals surface area contributed by atoms with Gasteiger partial charge in [-0.25, -0.2) is 0 Å². The Morgan fingerprint density at radius 1 is 1.05 bits per heavy atom. The van der Waals surface area contributed by atoms with E-state index >= 15 is 0 Å². The number of amides is 2. The van der Waals surface area contributed by atoms with Crippen LogP contribution in [0.1, 0.15) is 108 Å². The van der Waals surface area contributed by atoms with Crippen molar-refractivity contribution in [2.24, 2.45) is 5.92 Å². The van der Waals surface area contributed by atoms with E-state index in [1.165, 1.54) is 45.6 Å². The standard InChI is InChI=1S/C34H54N2O7/c1-5-6-7-8-9-10-11-12-13-14-29(39)36(17-15-23(2)3)27-21-26(34(41)35-16-18-37)30-25-19-24(22-38)20-28(42-4)32(25)43-33(30)31(27)40/h19-21,23,27,30-31,33,37-38,40H,5-18,22H2,1-4H3,(H,35,41)/t27-,30+,31+,33+/m1/s1. The normalized spacial score (nSPS) is 20.7. The number of hydrogen-bond donors (Lipinski definition) is 4. The lowest BCUT2D eigenvalue weighted by Crippen LogP contribution is -2.56. The highest BCUT2D eigenvalue weighted by atomic mass is 16.5. The van der Waals surface area contributed by atoms with E-state index in [4.69, 9.17) is 9.47 Å². The van der Waals surface area contributed by atoms with E-state index in [1.807, 2.05) is 0 Å². The van der Waals surface area contributed by atoms with Crippen molar-refractivity contribution in [3.8, 4) is 11.5 Å². The predicted molar refractivity (Wildman–Crippen MR) is 167 cm³/mol. The summed E-state index contributed by atoms with van der Waals surface area (Å²) in [7, 11) is 1.50. The Labute approximate surface area is 257 Å². The molecular weight excluding hydrogens is 548 g/mol. The van der Waals surface area contributed by atoms with E-state index in [0.717, 1.165) is 25.7 Å². The third kappa shape index (κ3) is 9.19. The third-order valence-electron chi connectivity index (χ3n) is 8.62. The van der Waals surface area contributed by atoms with Crippen molar-refractivity contribution < 1.29 is 34.4 Å². The first-order chi connectivity index (χ1) is 20.8. The van der Waals surface area contributed by atoms with E-state index < -0.39 is 24.2 Å². The second kappa shape index (κ2) is 17.6. The van der Waals surface area contributed by atoms with Gasteiger partial charge in [-0.2, -0.15) is 0 Å². The molecule has 0 saturated carbocycles. The van der Waals surface area contributed by atoms with Crippen molar-refractivity contribution in [1.29, 1.82) is 0 Å². The molecule has 9 heteroatoms. The average molecular weight is 603 g/mol. The van der Waals surface area contributed by atoms with E-state index in [9.17, 15) is 24.9 Å². The predicted octanol–water partition coefficient (Wildman–Crippen LogP) is 4.61. The largest absolute Gasteiger partial charge is 0.493 e. The summed E-state index contributed by atoms with van der Waals surface area (Å²) >= 11 is 0. The van der Waals surface area contributed by atoms with Crippen molar-refractivity contribution in [2.75, 3.05) is 26.8 Å². The number of benzene rings is 1. The lowest BCUT2D eigenvalue weighted by Gasteiger charge is -2.41. The monoisotopic (exact) mass is 602 g/mol. The highest BCUT2D eigenvalue weighted by Crippen LogP contribution is 2.51. The number of rotatable bonds is 19. The number of nitrogens with one attached hydrogen (secondary N) is 1. The molecule has 9 nitrogen and oxygen atoms in total. The number of unbranched alkanes of at least 4 members (excludes halogenated alkanes) is 8. The highest BCUT2D eigenvalue weighted by Gasteiger charge is 2.51. The SMILES string of the molecule is CCCCCCCCCCCC(=O)N(CCC(C)C)[C@@H]1C=C(C(=O)NCCO)[C@@H]2c3cc(CO)cc(OC)c3O[C@@H]2[C@H]1O. The molecule has 0 aromatic heterocycles. The summed E-state index contributed by atoms with van der Waals surface area (Å²) in [5.74, 6) is 0.132. The molecule has 1 heterocycles. The Hall–Kier alpha value is -2.62. The molecule has 2 amide bonds. The first-order valence-corrected chi connectivity index (χ1v) is 16.3. The fourth-order valence-corrected chi connectivity index (χ4v) is 6.19. The number of ether oxygens (including phenoxy) is 2. The second-order valence-electron chi connectivity index (χ2n) is 12.4. The second-order valence-corrected chi connectivity index (χ2v) is 12.4. The summed E-state index contributed by atoms with van der Waals surface area (Å²) in [4.78, 5) is 28.9. The zero-order chi connectivity index (χ0) is 31.4. The maximum atomic E-state index is 13.7. The Morgan fingerprint density at radius 3 is 2.33 bits per heavy atom. The van der Waals surface area contributed by atoms with Crippen molar-refractivity contribution in [3.63, 3.8) is 0 Å². The molecule has 242 valence electrons. The van der Waals surface area contributed by atoms with Crippen LogP contribution in [-0.2, 0) is 16.2 Å². The zero-order valence-electron chi connectivity index (χ0n) is 26.6. The van der Waals surface area contributed by atoms with Crippen LogP contribution in [-0.4, -0.2) is 77.1 Å². The Bertz CT molecular complexity index is 1070. The topological polar surface area (TPSA) is 129 Å². The van der Waals surface area contributed by atoms with Gasteiger partial charge in [-0.3, -0.25) is 9.59 Å². The molecule has 0 fully saturated rings. The summed E-state index contributed by atoms with van der Waals surface area (Å²) in [6.07, 6.45) is 11.4. The number of aliphatic hydroxyl groups excluding tert-OH is 3. The van der Waals surface area contributed by atoms with Gasteiger partial charge in [-0.15, -0.1) is 0 Å². The molecule has 0 bridgehead atoms. The van der Waals surface area contributed by atoms with Crippen LogP contribution in [0.5, 0.6) is 11.5 Å². The molecule has 4 atom stereocenters. The zero-order valence-corrected chi connectivity index (χ0v) is 26.6. The van der Waals surface area contributed by atoms with Crippen LogP contribution in [0.4, 0.5) is 0 Å². The number of aliphatic hydroxyl groups is 3. The van der Waals surface area contributed by atoms with Gasteiger partial charge in [-0.05, 0) is 42.5 Å². The summed E-state index contributed by atoms with van der Waals surface area (Å²) in [5.41, 5.74) is 1.61. The molecule has 1 aromatic carbocycles. The number of hydrogen-bond acceptors (Lipinski definition) is 7. The molecule has 1 aromatic rings. The Morgan fingerprint density at radius 2 is 1.72 bits per heavy atom. The molecule has 0 saturated heterocycles. The minimum Gasteiger partial charge on any atom is -0.493 e. The smallest absolute Gasteiger partial charge is 0.247 e. The molecule has 0 spiro atoms.